The highest BCUT2D eigenvalue weighted by molar-refractivity contribution is 5.84. The zero-order chi connectivity index (χ0) is 24.3. The monoisotopic (exact) mass is 465 g/mol. The molecule has 182 valence electrons. The number of carbonyl (C=O) groups excluding carboxylic acids is 2. The molecule has 0 aromatic heterocycles. The molecule has 7 heteroatoms. The molecular weight excluding hydrogens is 430 g/mol. The van der Waals surface area contributed by atoms with Crippen molar-refractivity contribution in [2.24, 2.45) is 0 Å². The molecule has 0 aliphatic carbocycles. The molecule has 0 bridgehead atoms. The average Bonchev–Trinajstić information content (AvgIpc) is 2.82. The van der Waals surface area contributed by atoms with E-state index in [4.69, 9.17) is 9.47 Å². The van der Waals surface area contributed by atoms with Gasteiger partial charge in [0.05, 0.1) is 7.11 Å². The molecule has 2 aliphatic heterocycles. The van der Waals surface area contributed by atoms with E-state index in [0.29, 0.717) is 13.0 Å². The Labute approximate surface area is 202 Å². The van der Waals surface area contributed by atoms with Crippen LogP contribution in [0.15, 0.2) is 48.5 Å². The number of carbonyl (C=O) groups is 2. The highest BCUT2D eigenvalue weighted by Gasteiger charge is 2.39. The summed E-state index contributed by atoms with van der Waals surface area (Å²) < 4.78 is 10.7. The molecule has 2 heterocycles. The van der Waals surface area contributed by atoms with Gasteiger partial charge in [0.2, 0.25) is 0 Å². The second-order valence-electron chi connectivity index (χ2n) is 9.98. The van der Waals surface area contributed by atoms with E-state index in [1.54, 1.807) is 0 Å². The maximum Gasteiger partial charge on any atom is 0.411 e. The van der Waals surface area contributed by atoms with Crippen LogP contribution in [0.3, 0.4) is 0 Å². The minimum absolute atomic E-state index is 0.416. The molecule has 0 saturated carbocycles. The fraction of sp³-hybridized carbons (Fsp3) is 0.481. The lowest BCUT2D eigenvalue weighted by molar-refractivity contribution is -0.147. The number of hydrogen-bond donors (Lipinski definition) is 0. The molecule has 7 nitrogen and oxygen atoms in total. The summed E-state index contributed by atoms with van der Waals surface area (Å²) in [6, 6.07) is 16.0. The Balaban J connectivity index is 1.50. The molecule has 1 amide bonds. The maximum absolute atomic E-state index is 12.9. The number of nitrogens with zero attached hydrogens (tertiary/aromatic N) is 3. The number of rotatable bonds is 4. The van der Waals surface area contributed by atoms with Crippen LogP contribution in [-0.4, -0.2) is 67.3 Å². The van der Waals surface area contributed by atoms with Gasteiger partial charge in [0.25, 0.3) is 0 Å². The van der Waals surface area contributed by atoms with Crippen LogP contribution < -0.4 is 4.90 Å². The predicted octanol–water partition coefficient (Wildman–Crippen LogP) is 4.02. The Morgan fingerprint density at radius 2 is 1.68 bits per heavy atom. The van der Waals surface area contributed by atoms with Crippen LogP contribution in [0.25, 0.3) is 0 Å². The van der Waals surface area contributed by atoms with Gasteiger partial charge in [-0.1, -0.05) is 36.4 Å². The Kier molecular flexibility index (Phi) is 7.12. The summed E-state index contributed by atoms with van der Waals surface area (Å²) >= 11 is 0. The van der Waals surface area contributed by atoms with Gasteiger partial charge in [0.1, 0.15) is 5.60 Å². The summed E-state index contributed by atoms with van der Waals surface area (Å²) in [5.74, 6) is -0.448. The van der Waals surface area contributed by atoms with Gasteiger partial charge in [-0.15, -0.1) is 0 Å². The minimum Gasteiger partial charge on any atom is -0.467 e. The lowest BCUT2D eigenvalue weighted by atomic mass is 9.92. The molecule has 2 aliphatic rings. The van der Waals surface area contributed by atoms with Gasteiger partial charge < -0.3 is 14.4 Å². The van der Waals surface area contributed by atoms with E-state index in [1.165, 1.54) is 17.6 Å². The van der Waals surface area contributed by atoms with E-state index in [9.17, 15) is 9.59 Å². The number of methoxy groups -OCH3 is 1. The number of esters is 1. The predicted molar refractivity (Wildman–Crippen MR) is 132 cm³/mol. The van der Waals surface area contributed by atoms with Crippen molar-refractivity contribution in [3.63, 3.8) is 0 Å². The summed E-state index contributed by atoms with van der Waals surface area (Å²) in [6.07, 6.45) is 0.182. The van der Waals surface area contributed by atoms with E-state index in [-0.39, 0.29) is 0 Å². The van der Waals surface area contributed by atoms with E-state index < -0.39 is 23.7 Å². The molecule has 34 heavy (non-hydrogen) atoms. The van der Waals surface area contributed by atoms with Crippen molar-refractivity contribution in [2.45, 2.75) is 45.4 Å². The third kappa shape index (κ3) is 5.53. The zero-order valence-electron chi connectivity index (χ0n) is 20.6. The van der Waals surface area contributed by atoms with Crippen molar-refractivity contribution in [2.75, 3.05) is 44.7 Å². The second-order valence-corrected chi connectivity index (χ2v) is 9.98. The molecule has 1 unspecified atom stereocenters. The normalized spacial score (nSPS) is 18.9. The summed E-state index contributed by atoms with van der Waals surface area (Å²) in [5, 5.41) is 0. The smallest absolute Gasteiger partial charge is 0.411 e. The fourth-order valence-electron chi connectivity index (χ4n) is 4.69. The highest BCUT2D eigenvalue weighted by atomic mass is 16.6. The number of piperazine rings is 1. The number of amides is 1. The third-order valence-electron chi connectivity index (χ3n) is 6.40. The van der Waals surface area contributed by atoms with Gasteiger partial charge in [0, 0.05) is 45.0 Å². The van der Waals surface area contributed by atoms with Crippen molar-refractivity contribution >= 4 is 17.7 Å². The van der Waals surface area contributed by atoms with Crippen LogP contribution in [0.4, 0.5) is 10.5 Å². The zero-order valence-corrected chi connectivity index (χ0v) is 20.6. The molecule has 4 rings (SSSR count). The Hall–Kier alpha value is -3.06. The van der Waals surface area contributed by atoms with E-state index in [0.717, 1.165) is 49.5 Å². The average molecular weight is 466 g/mol. The van der Waals surface area contributed by atoms with Crippen LogP contribution >= 0.6 is 0 Å². The first-order valence-electron chi connectivity index (χ1n) is 12.0. The summed E-state index contributed by atoms with van der Waals surface area (Å²) in [5.41, 5.74) is 3.65. The molecule has 0 N–H and O–H groups in total. The van der Waals surface area contributed by atoms with Gasteiger partial charge in [-0.05, 0) is 56.0 Å². The summed E-state index contributed by atoms with van der Waals surface area (Å²) in [7, 11) is 1.36. The lowest BCUT2D eigenvalue weighted by Crippen LogP contribution is -2.47. The second kappa shape index (κ2) is 10.1. The quantitative estimate of drug-likeness (QED) is 0.636. The molecule has 0 radical (unpaired) electrons. The molecule has 1 fully saturated rings. The van der Waals surface area contributed by atoms with Gasteiger partial charge in [0.15, 0.2) is 6.04 Å². The number of benzene rings is 2. The topological polar surface area (TPSA) is 62.3 Å². The molecule has 1 saturated heterocycles. The number of ether oxygens (including phenoxy) is 2. The van der Waals surface area contributed by atoms with Gasteiger partial charge >= 0.3 is 12.1 Å². The molecule has 1 atom stereocenters. The fourth-order valence-corrected chi connectivity index (χ4v) is 4.69. The Morgan fingerprint density at radius 1 is 0.971 bits per heavy atom. The van der Waals surface area contributed by atoms with Gasteiger partial charge in [-0.3, -0.25) is 9.80 Å². The first-order chi connectivity index (χ1) is 16.2. The van der Waals surface area contributed by atoms with Crippen LogP contribution in [-0.2, 0) is 27.2 Å². The van der Waals surface area contributed by atoms with E-state index >= 15 is 0 Å². The van der Waals surface area contributed by atoms with Crippen LogP contribution in [0.2, 0.25) is 0 Å². The molecule has 2 aromatic rings. The maximum atomic E-state index is 12.9. The third-order valence-corrected chi connectivity index (χ3v) is 6.40. The molecular formula is C27H35N3O4. The van der Waals surface area contributed by atoms with Gasteiger partial charge in [-0.25, -0.2) is 9.59 Å². The van der Waals surface area contributed by atoms with Crippen molar-refractivity contribution in [1.29, 1.82) is 0 Å². The van der Waals surface area contributed by atoms with E-state index in [1.807, 2.05) is 26.8 Å². The summed E-state index contributed by atoms with van der Waals surface area (Å²) in [6.45, 7) is 10.6. The van der Waals surface area contributed by atoms with Crippen molar-refractivity contribution in [1.82, 2.24) is 9.80 Å². The largest absolute Gasteiger partial charge is 0.467 e. The first-order valence-corrected chi connectivity index (χ1v) is 12.0. The molecule has 0 spiro atoms. The van der Waals surface area contributed by atoms with Crippen molar-refractivity contribution < 1.29 is 19.1 Å². The van der Waals surface area contributed by atoms with Crippen molar-refractivity contribution in [3.05, 3.63) is 65.2 Å². The number of anilines is 1. The minimum atomic E-state index is -0.803. The van der Waals surface area contributed by atoms with Crippen LogP contribution in [0.1, 0.15) is 43.5 Å². The van der Waals surface area contributed by atoms with Crippen LogP contribution in [0.5, 0.6) is 0 Å². The Bertz CT molecular complexity index is 1010. The SMILES string of the molecule is COC(=O)C1c2cc(N3CCN(Cc4ccccc4)CC3)ccc2CCN1C(=O)OC(C)(C)C. The lowest BCUT2D eigenvalue weighted by Gasteiger charge is -2.39. The highest BCUT2D eigenvalue weighted by Crippen LogP contribution is 2.35. The number of fused-ring (bicyclic) bond motifs is 1. The van der Waals surface area contributed by atoms with Crippen LogP contribution in [0, 0.1) is 0 Å². The number of hydrogen-bond acceptors (Lipinski definition) is 6. The summed E-state index contributed by atoms with van der Waals surface area (Å²) in [4.78, 5) is 32.0. The Morgan fingerprint density at radius 3 is 2.32 bits per heavy atom. The van der Waals surface area contributed by atoms with Gasteiger partial charge in [-0.2, -0.15) is 0 Å². The van der Waals surface area contributed by atoms with Crippen molar-refractivity contribution in [3.8, 4) is 0 Å². The first kappa shape index (κ1) is 24.1. The molecule has 2 aromatic carbocycles. The van der Waals surface area contributed by atoms with E-state index in [2.05, 4.69) is 52.3 Å². The standard InChI is InChI=1S/C27H35N3O4/c1-27(2,3)34-26(32)30-13-12-21-10-11-22(18-23(21)24(30)25(31)33-4)29-16-14-28(15-17-29)19-20-8-6-5-7-9-20/h5-11,18,24H,12-17,19H2,1-4H3.